The Bertz CT molecular complexity index is 1020. The van der Waals surface area contributed by atoms with Crippen LogP contribution in [0, 0.1) is 6.92 Å². The molecule has 6 nitrogen and oxygen atoms in total. The summed E-state index contributed by atoms with van der Waals surface area (Å²) < 4.78 is 2.94. The molecule has 1 aliphatic carbocycles. The molecule has 0 atom stereocenters. The maximum Gasteiger partial charge on any atom is 0.346 e. The average Bonchev–Trinajstić information content (AvgIpc) is 3.18. The number of benzene rings is 1. The number of aryl methyl sites for hydroxylation is 1. The number of carbonyl (C=O) groups excluding carboxylic acids is 1. The van der Waals surface area contributed by atoms with Crippen LogP contribution in [0.3, 0.4) is 0 Å². The molecule has 4 rings (SSSR count). The van der Waals surface area contributed by atoms with Gasteiger partial charge >= 0.3 is 5.69 Å². The molecule has 0 bridgehead atoms. The quantitative estimate of drug-likeness (QED) is 0.724. The van der Waals surface area contributed by atoms with Gasteiger partial charge in [0.15, 0.2) is 5.82 Å². The fourth-order valence-corrected chi connectivity index (χ4v) is 3.65. The largest absolute Gasteiger partial charge is 0.346 e. The van der Waals surface area contributed by atoms with Crippen LogP contribution in [0.25, 0.3) is 10.7 Å². The molecule has 0 saturated heterocycles. The summed E-state index contributed by atoms with van der Waals surface area (Å²) in [6.45, 7) is 1.76. The molecule has 1 fully saturated rings. The fourth-order valence-electron chi connectivity index (χ4n) is 2.77. The normalized spacial score (nSPS) is 13.8. The van der Waals surface area contributed by atoms with Crippen molar-refractivity contribution in [3.63, 3.8) is 0 Å². The number of nitrogens with zero attached hydrogens (tertiary/aromatic N) is 3. The highest BCUT2D eigenvalue weighted by Crippen LogP contribution is 2.37. The molecule has 134 valence electrons. The van der Waals surface area contributed by atoms with Gasteiger partial charge in [0.25, 0.3) is 0 Å². The minimum absolute atomic E-state index is 0.136. The van der Waals surface area contributed by atoms with Crippen LogP contribution in [-0.4, -0.2) is 20.3 Å². The van der Waals surface area contributed by atoms with Crippen molar-refractivity contribution < 1.29 is 4.79 Å². The number of anilines is 1. The monoisotopic (exact) mass is 388 g/mol. The Hall–Kier alpha value is -2.38. The number of nitrogens with one attached hydrogen (secondary N) is 1. The molecule has 8 heteroatoms. The first-order valence-electron chi connectivity index (χ1n) is 8.32. The third-order valence-electron chi connectivity index (χ3n) is 4.27. The van der Waals surface area contributed by atoms with Crippen molar-refractivity contribution in [3.05, 3.63) is 56.8 Å². The van der Waals surface area contributed by atoms with Crippen LogP contribution in [0.15, 0.2) is 40.5 Å². The van der Waals surface area contributed by atoms with Gasteiger partial charge in [0.2, 0.25) is 5.91 Å². The molecular formula is C18H17ClN4O2S. The van der Waals surface area contributed by atoms with Gasteiger partial charge in [-0.3, -0.25) is 9.36 Å². The molecule has 2 aromatic heterocycles. The van der Waals surface area contributed by atoms with E-state index < -0.39 is 0 Å². The first kappa shape index (κ1) is 17.1. The third kappa shape index (κ3) is 3.32. The van der Waals surface area contributed by atoms with Gasteiger partial charge in [0.1, 0.15) is 6.54 Å². The predicted molar refractivity (Wildman–Crippen MR) is 103 cm³/mol. The Morgan fingerprint density at radius 2 is 2.19 bits per heavy atom. The minimum Gasteiger partial charge on any atom is -0.324 e. The number of rotatable bonds is 5. The summed E-state index contributed by atoms with van der Waals surface area (Å²) in [7, 11) is 0. The van der Waals surface area contributed by atoms with Gasteiger partial charge in [0, 0.05) is 16.8 Å². The Kier molecular flexibility index (Phi) is 4.42. The maximum atomic E-state index is 12.7. The van der Waals surface area contributed by atoms with Crippen molar-refractivity contribution in [2.75, 3.05) is 5.32 Å². The van der Waals surface area contributed by atoms with E-state index in [4.69, 9.17) is 11.6 Å². The van der Waals surface area contributed by atoms with Gasteiger partial charge in [-0.1, -0.05) is 23.7 Å². The first-order chi connectivity index (χ1) is 12.5. The average molecular weight is 389 g/mol. The van der Waals surface area contributed by atoms with Crippen molar-refractivity contribution in [3.8, 4) is 10.7 Å². The summed E-state index contributed by atoms with van der Waals surface area (Å²) in [6, 6.07) is 9.35. The molecule has 26 heavy (non-hydrogen) atoms. The molecule has 0 spiro atoms. The molecule has 2 heterocycles. The number of hydrogen-bond acceptors (Lipinski definition) is 4. The molecule has 3 aromatic rings. The predicted octanol–water partition coefficient (Wildman–Crippen LogP) is 3.71. The van der Waals surface area contributed by atoms with E-state index in [-0.39, 0.29) is 24.2 Å². The number of halogens is 1. The van der Waals surface area contributed by atoms with E-state index in [0.717, 1.165) is 23.3 Å². The molecule has 1 aromatic carbocycles. The zero-order chi connectivity index (χ0) is 18.3. The van der Waals surface area contributed by atoms with Crippen molar-refractivity contribution in [2.24, 2.45) is 0 Å². The second-order valence-corrected chi connectivity index (χ2v) is 7.71. The molecule has 0 aliphatic heterocycles. The summed E-state index contributed by atoms with van der Waals surface area (Å²) in [5, 5.41) is 9.71. The highest BCUT2D eigenvalue weighted by atomic mass is 35.5. The Balaban J connectivity index is 1.58. The second kappa shape index (κ2) is 6.74. The lowest BCUT2D eigenvalue weighted by molar-refractivity contribution is -0.117. The third-order valence-corrected chi connectivity index (χ3v) is 5.55. The van der Waals surface area contributed by atoms with Crippen molar-refractivity contribution in [1.82, 2.24) is 14.3 Å². The van der Waals surface area contributed by atoms with E-state index in [1.807, 2.05) is 30.5 Å². The van der Waals surface area contributed by atoms with E-state index in [1.165, 1.54) is 16.0 Å². The maximum absolute atomic E-state index is 12.7. The summed E-state index contributed by atoms with van der Waals surface area (Å²) in [5.74, 6) is 0.323. The van der Waals surface area contributed by atoms with E-state index in [9.17, 15) is 9.59 Å². The van der Waals surface area contributed by atoms with Crippen molar-refractivity contribution in [1.29, 1.82) is 0 Å². The van der Waals surface area contributed by atoms with Crippen LogP contribution in [0.2, 0.25) is 5.02 Å². The summed E-state index contributed by atoms with van der Waals surface area (Å²) in [6.07, 6.45) is 1.94. The van der Waals surface area contributed by atoms with Crippen LogP contribution in [-0.2, 0) is 11.3 Å². The molecule has 1 saturated carbocycles. The van der Waals surface area contributed by atoms with Crippen LogP contribution < -0.4 is 11.0 Å². The first-order valence-corrected chi connectivity index (χ1v) is 9.58. The SMILES string of the molecule is Cc1ccc(NC(=O)Cn2nc(-c3cccs3)n(C3CC3)c2=O)cc1Cl. The fraction of sp³-hybridized carbons (Fsp3) is 0.278. The molecule has 1 N–H and O–H groups in total. The van der Waals surface area contributed by atoms with Crippen LogP contribution in [0.5, 0.6) is 0 Å². The van der Waals surface area contributed by atoms with Crippen molar-refractivity contribution in [2.45, 2.75) is 32.4 Å². The van der Waals surface area contributed by atoms with Crippen molar-refractivity contribution >= 4 is 34.5 Å². The lowest BCUT2D eigenvalue weighted by atomic mass is 10.2. The van der Waals surface area contributed by atoms with Crippen LogP contribution >= 0.6 is 22.9 Å². The number of carbonyl (C=O) groups is 1. The van der Waals surface area contributed by atoms with E-state index in [1.54, 1.807) is 16.7 Å². The molecule has 1 aliphatic rings. The molecule has 0 radical (unpaired) electrons. The lowest BCUT2D eigenvalue weighted by Gasteiger charge is -2.06. The highest BCUT2D eigenvalue weighted by Gasteiger charge is 2.31. The lowest BCUT2D eigenvalue weighted by Crippen LogP contribution is -2.30. The molecule has 0 unspecified atom stereocenters. The van der Waals surface area contributed by atoms with Gasteiger partial charge < -0.3 is 5.32 Å². The van der Waals surface area contributed by atoms with E-state index in [0.29, 0.717) is 16.5 Å². The van der Waals surface area contributed by atoms with Gasteiger partial charge in [-0.25, -0.2) is 9.48 Å². The zero-order valence-corrected chi connectivity index (χ0v) is 15.7. The summed E-state index contributed by atoms with van der Waals surface area (Å²) in [4.78, 5) is 26.0. The number of amides is 1. The molecular weight excluding hydrogens is 372 g/mol. The molecule has 1 amide bonds. The van der Waals surface area contributed by atoms with Gasteiger partial charge in [-0.05, 0) is 48.9 Å². The van der Waals surface area contributed by atoms with E-state index >= 15 is 0 Å². The van der Waals surface area contributed by atoms with Crippen LogP contribution in [0.1, 0.15) is 24.4 Å². The number of hydrogen-bond donors (Lipinski definition) is 1. The summed E-state index contributed by atoms with van der Waals surface area (Å²) >= 11 is 7.62. The van der Waals surface area contributed by atoms with Crippen LogP contribution in [0.4, 0.5) is 5.69 Å². The number of aromatic nitrogens is 3. The zero-order valence-electron chi connectivity index (χ0n) is 14.1. The van der Waals surface area contributed by atoms with Gasteiger partial charge in [0.05, 0.1) is 4.88 Å². The standard InChI is InChI=1S/C18H17ClN4O2S/c1-11-4-5-12(9-14(11)19)20-16(24)10-22-18(25)23(13-6-7-13)17(21-22)15-3-2-8-26-15/h2-5,8-9,13H,6-7,10H2,1H3,(H,20,24). The second-order valence-electron chi connectivity index (χ2n) is 6.35. The summed E-state index contributed by atoms with van der Waals surface area (Å²) in [5.41, 5.74) is 1.29. The smallest absolute Gasteiger partial charge is 0.324 e. The minimum atomic E-state index is -0.315. The van der Waals surface area contributed by atoms with E-state index in [2.05, 4.69) is 10.4 Å². The highest BCUT2D eigenvalue weighted by molar-refractivity contribution is 7.13. The topological polar surface area (TPSA) is 68.9 Å². The Morgan fingerprint density at radius 3 is 2.85 bits per heavy atom. The van der Waals surface area contributed by atoms with Gasteiger partial charge in [-0.2, -0.15) is 0 Å². The number of thiophene rings is 1. The Labute approximate surface area is 159 Å². The Morgan fingerprint density at radius 1 is 1.38 bits per heavy atom. The van der Waals surface area contributed by atoms with Gasteiger partial charge in [-0.15, -0.1) is 16.4 Å².